The molecule has 2 aliphatic heterocycles. The number of benzene rings is 2. The normalized spacial score (nSPS) is 16.5. The SMILES string of the molecule is Cc1cc(F)c(CNC(=O)c2cn3c(c(O)c2=O)C(=O)N2CCc4ccccc4[C@@H]3C2)c(F)c1. The first-order valence-electron chi connectivity index (χ1n) is 10.8. The fraction of sp³-hybridized carbons (Fsp3) is 0.240. The molecule has 2 aliphatic rings. The Kier molecular flexibility index (Phi) is 5.19. The highest BCUT2D eigenvalue weighted by atomic mass is 19.1. The van der Waals surface area contributed by atoms with Crippen LogP contribution in [0.5, 0.6) is 5.75 Å². The molecule has 0 aliphatic carbocycles. The van der Waals surface area contributed by atoms with Crippen molar-refractivity contribution in [2.45, 2.75) is 25.9 Å². The van der Waals surface area contributed by atoms with Gasteiger partial charge in [-0.05, 0) is 42.2 Å². The maximum absolute atomic E-state index is 14.2. The van der Waals surface area contributed by atoms with E-state index in [1.807, 2.05) is 24.3 Å². The summed E-state index contributed by atoms with van der Waals surface area (Å²) in [4.78, 5) is 40.3. The topological polar surface area (TPSA) is 91.6 Å². The van der Waals surface area contributed by atoms with Crippen molar-refractivity contribution in [3.05, 3.63) is 98.0 Å². The van der Waals surface area contributed by atoms with Gasteiger partial charge in [0, 0.05) is 31.4 Å². The van der Waals surface area contributed by atoms with Crippen molar-refractivity contribution in [1.82, 2.24) is 14.8 Å². The highest BCUT2D eigenvalue weighted by molar-refractivity contribution is 5.99. The third kappa shape index (κ3) is 3.44. The molecule has 2 amide bonds. The van der Waals surface area contributed by atoms with E-state index in [2.05, 4.69) is 5.32 Å². The number of carbonyl (C=O) groups is 2. The van der Waals surface area contributed by atoms with E-state index >= 15 is 0 Å². The molecule has 9 heteroatoms. The van der Waals surface area contributed by atoms with Gasteiger partial charge in [0.05, 0.1) is 6.04 Å². The van der Waals surface area contributed by atoms with Crippen LogP contribution in [0.15, 0.2) is 47.4 Å². The van der Waals surface area contributed by atoms with Crippen molar-refractivity contribution in [2.24, 2.45) is 0 Å². The molecule has 34 heavy (non-hydrogen) atoms. The van der Waals surface area contributed by atoms with Gasteiger partial charge in [-0.3, -0.25) is 14.4 Å². The van der Waals surface area contributed by atoms with Crippen molar-refractivity contribution < 1.29 is 23.5 Å². The summed E-state index contributed by atoms with van der Waals surface area (Å²) in [5.41, 5.74) is 0.398. The Balaban J connectivity index is 1.55. The van der Waals surface area contributed by atoms with Gasteiger partial charge in [-0.25, -0.2) is 8.78 Å². The molecule has 3 heterocycles. The summed E-state index contributed by atoms with van der Waals surface area (Å²) in [6, 6.07) is 9.53. The lowest BCUT2D eigenvalue weighted by atomic mass is 9.97. The number of aromatic hydroxyl groups is 1. The minimum atomic E-state index is -1.02. The van der Waals surface area contributed by atoms with E-state index in [4.69, 9.17) is 0 Å². The zero-order chi connectivity index (χ0) is 24.1. The zero-order valence-corrected chi connectivity index (χ0v) is 18.3. The van der Waals surface area contributed by atoms with Gasteiger partial charge < -0.3 is 19.9 Å². The van der Waals surface area contributed by atoms with E-state index in [0.29, 0.717) is 25.1 Å². The maximum atomic E-state index is 14.2. The van der Waals surface area contributed by atoms with Crippen LogP contribution in [0.2, 0.25) is 0 Å². The van der Waals surface area contributed by atoms with E-state index in [9.17, 15) is 28.3 Å². The van der Waals surface area contributed by atoms with Crippen molar-refractivity contribution in [1.29, 1.82) is 0 Å². The monoisotopic (exact) mass is 465 g/mol. The molecule has 2 bridgehead atoms. The zero-order valence-electron chi connectivity index (χ0n) is 18.3. The quantitative estimate of drug-likeness (QED) is 0.622. The summed E-state index contributed by atoms with van der Waals surface area (Å²) in [7, 11) is 0. The van der Waals surface area contributed by atoms with Gasteiger partial charge in [0.15, 0.2) is 11.4 Å². The second-order valence-electron chi connectivity index (χ2n) is 8.58. The number of nitrogens with zero attached hydrogens (tertiary/aromatic N) is 2. The molecule has 0 spiro atoms. The van der Waals surface area contributed by atoms with Crippen LogP contribution in [-0.2, 0) is 13.0 Å². The summed E-state index contributed by atoms with van der Waals surface area (Å²) >= 11 is 0. The highest BCUT2D eigenvalue weighted by Crippen LogP contribution is 2.34. The van der Waals surface area contributed by atoms with E-state index < -0.39 is 52.8 Å². The number of aromatic nitrogens is 1. The summed E-state index contributed by atoms with van der Waals surface area (Å²) in [6.45, 7) is 1.82. The highest BCUT2D eigenvalue weighted by Gasteiger charge is 2.38. The minimum absolute atomic E-state index is 0.176. The average Bonchev–Trinajstić information content (AvgIpc) is 2.97. The van der Waals surface area contributed by atoms with Crippen LogP contribution in [0, 0.1) is 18.6 Å². The maximum Gasteiger partial charge on any atom is 0.274 e. The fourth-order valence-electron chi connectivity index (χ4n) is 4.71. The third-order valence-corrected chi connectivity index (χ3v) is 6.45. The van der Waals surface area contributed by atoms with Crippen LogP contribution in [0.25, 0.3) is 0 Å². The van der Waals surface area contributed by atoms with Crippen LogP contribution < -0.4 is 10.7 Å². The molecular weight excluding hydrogens is 444 g/mol. The second-order valence-corrected chi connectivity index (χ2v) is 8.58. The van der Waals surface area contributed by atoms with Gasteiger partial charge >= 0.3 is 0 Å². The first-order valence-corrected chi connectivity index (χ1v) is 10.8. The number of fused-ring (bicyclic) bond motifs is 6. The average molecular weight is 465 g/mol. The Morgan fingerprint density at radius 1 is 1.18 bits per heavy atom. The van der Waals surface area contributed by atoms with Gasteiger partial charge in [0.1, 0.15) is 17.2 Å². The smallest absolute Gasteiger partial charge is 0.274 e. The number of halogens is 2. The number of aryl methyl sites for hydroxylation is 1. The Labute approximate surface area is 193 Å². The van der Waals surface area contributed by atoms with E-state index in [1.54, 1.807) is 11.8 Å². The van der Waals surface area contributed by atoms with Crippen molar-refractivity contribution in [3.8, 4) is 5.75 Å². The molecule has 1 aromatic heterocycles. The lowest BCUT2D eigenvalue weighted by Crippen LogP contribution is -2.45. The minimum Gasteiger partial charge on any atom is -0.503 e. The summed E-state index contributed by atoms with van der Waals surface area (Å²) in [5.74, 6) is -3.85. The van der Waals surface area contributed by atoms with Crippen LogP contribution in [0.1, 0.15) is 49.1 Å². The molecule has 5 rings (SSSR count). The standard InChI is InChI=1S/C25H21F2N3O4/c1-13-8-18(26)16(19(27)9-13)10-28-24(33)17-11-30-20-12-29(25(34)21(30)23(32)22(17)31)7-6-14-4-2-3-5-15(14)20/h2-5,8-9,11,20,32H,6-7,10,12H2,1H3,(H,28,33)/t20-/m0/s1. The van der Waals surface area contributed by atoms with Gasteiger partial charge in [-0.2, -0.15) is 0 Å². The molecule has 0 fully saturated rings. The number of amides is 2. The molecule has 0 unspecified atom stereocenters. The number of carbonyl (C=O) groups excluding carboxylic acids is 2. The summed E-state index contributed by atoms with van der Waals surface area (Å²) in [5, 5.41) is 13.0. The third-order valence-electron chi connectivity index (χ3n) is 6.45. The number of pyridine rings is 1. The predicted molar refractivity (Wildman–Crippen MR) is 119 cm³/mol. The fourth-order valence-corrected chi connectivity index (χ4v) is 4.71. The molecule has 2 aromatic carbocycles. The Morgan fingerprint density at radius 3 is 2.62 bits per heavy atom. The molecular formula is C25H21F2N3O4. The van der Waals surface area contributed by atoms with Crippen molar-refractivity contribution in [2.75, 3.05) is 13.1 Å². The number of hydrogen-bond acceptors (Lipinski definition) is 4. The first kappa shape index (κ1) is 21.8. The van der Waals surface area contributed by atoms with Gasteiger partial charge in [0.2, 0.25) is 5.43 Å². The second kappa shape index (κ2) is 8.09. The van der Waals surface area contributed by atoms with Gasteiger partial charge in [-0.15, -0.1) is 0 Å². The summed E-state index contributed by atoms with van der Waals surface area (Å²) in [6.07, 6.45) is 1.87. The molecule has 2 N–H and O–H groups in total. The van der Waals surface area contributed by atoms with Crippen LogP contribution >= 0.6 is 0 Å². The predicted octanol–water partition coefficient (Wildman–Crippen LogP) is 2.67. The van der Waals surface area contributed by atoms with Gasteiger partial charge in [0.25, 0.3) is 11.8 Å². The van der Waals surface area contributed by atoms with E-state index in [1.165, 1.54) is 10.8 Å². The molecule has 0 saturated carbocycles. The largest absolute Gasteiger partial charge is 0.503 e. The molecule has 7 nitrogen and oxygen atoms in total. The molecule has 174 valence electrons. The lowest BCUT2D eigenvalue weighted by Gasteiger charge is -2.35. The van der Waals surface area contributed by atoms with Crippen LogP contribution in [0.3, 0.4) is 0 Å². The van der Waals surface area contributed by atoms with Crippen molar-refractivity contribution >= 4 is 11.8 Å². The Morgan fingerprint density at radius 2 is 1.88 bits per heavy atom. The first-order chi connectivity index (χ1) is 16.3. The Hall–Kier alpha value is -4.01. The number of nitrogens with one attached hydrogen (secondary N) is 1. The Bertz CT molecular complexity index is 1390. The van der Waals surface area contributed by atoms with Crippen LogP contribution in [0.4, 0.5) is 8.78 Å². The van der Waals surface area contributed by atoms with E-state index in [0.717, 1.165) is 23.3 Å². The number of rotatable bonds is 3. The van der Waals surface area contributed by atoms with E-state index in [-0.39, 0.29) is 11.3 Å². The summed E-state index contributed by atoms with van der Waals surface area (Å²) < 4.78 is 29.8. The molecule has 1 atom stereocenters. The van der Waals surface area contributed by atoms with Crippen LogP contribution in [-0.4, -0.2) is 39.5 Å². The van der Waals surface area contributed by atoms with Gasteiger partial charge in [-0.1, -0.05) is 24.3 Å². The molecule has 0 radical (unpaired) electrons. The number of hydrogen-bond donors (Lipinski definition) is 2. The lowest BCUT2D eigenvalue weighted by molar-refractivity contribution is 0.0686. The molecule has 0 saturated heterocycles. The van der Waals surface area contributed by atoms with Crippen molar-refractivity contribution in [3.63, 3.8) is 0 Å². The molecule has 3 aromatic rings.